The van der Waals surface area contributed by atoms with Crippen LogP contribution in [-0.2, 0) is 5.31 Å². The summed E-state index contributed by atoms with van der Waals surface area (Å²) in [5, 5.41) is 4.75. The summed E-state index contributed by atoms with van der Waals surface area (Å²) in [6, 6.07) is 19.0. The van der Waals surface area contributed by atoms with Gasteiger partial charge in [0.15, 0.2) is 0 Å². The summed E-state index contributed by atoms with van der Waals surface area (Å²) in [7, 11) is 2.37. The molecule has 0 unspecified atom stereocenters. The molecular formula is C25H21BN2O. The van der Waals surface area contributed by atoms with Gasteiger partial charge >= 0.3 is 0 Å². The van der Waals surface area contributed by atoms with Gasteiger partial charge in [-0.25, -0.2) is 4.98 Å². The number of pyridine rings is 2. The minimum Gasteiger partial charge on any atom is -0.437 e. The molecule has 0 amide bonds. The second-order valence-electron chi connectivity index (χ2n) is 8.51. The van der Waals surface area contributed by atoms with Crippen LogP contribution in [0.25, 0.3) is 44.1 Å². The van der Waals surface area contributed by atoms with Crippen molar-refractivity contribution in [2.45, 2.75) is 31.0 Å². The lowest BCUT2D eigenvalue weighted by molar-refractivity contribution is 0.633. The summed E-state index contributed by atoms with van der Waals surface area (Å²) in [6.07, 6.45) is 9.09. The number of hydrogen-bond acceptors (Lipinski definition) is 3. The molecule has 0 radical (unpaired) electrons. The Morgan fingerprint density at radius 3 is 2.48 bits per heavy atom. The highest BCUT2D eigenvalue weighted by Gasteiger charge is 2.30. The van der Waals surface area contributed by atoms with E-state index in [4.69, 9.17) is 9.40 Å². The average Bonchev–Trinajstić information content (AvgIpc) is 3.38. The van der Waals surface area contributed by atoms with Crippen LogP contribution in [0.4, 0.5) is 0 Å². The second kappa shape index (κ2) is 6.18. The first-order chi connectivity index (χ1) is 14.2. The van der Waals surface area contributed by atoms with E-state index >= 15 is 0 Å². The fourth-order valence-corrected chi connectivity index (χ4v) is 4.98. The standard InChI is InChI=1S/C25H21BN2O/c26-25(12-3-4-13-25)17-10-11-21(27-15-17)19-8-5-9-20-22-18-7-2-1-6-16(18)14-28-24(22)29-23(19)20/h1-2,5-11,14-15H,3-4,12-13,26H2. The van der Waals surface area contributed by atoms with Crippen LogP contribution >= 0.6 is 0 Å². The van der Waals surface area contributed by atoms with Crippen molar-refractivity contribution in [3.63, 3.8) is 0 Å². The average molecular weight is 376 g/mol. The zero-order chi connectivity index (χ0) is 19.4. The zero-order valence-corrected chi connectivity index (χ0v) is 16.5. The number of benzene rings is 2. The van der Waals surface area contributed by atoms with Crippen LogP contribution in [0.3, 0.4) is 0 Å². The third kappa shape index (κ3) is 2.52. The molecule has 3 heterocycles. The predicted molar refractivity (Wildman–Crippen MR) is 121 cm³/mol. The van der Waals surface area contributed by atoms with Crippen molar-refractivity contribution in [2.24, 2.45) is 0 Å². The van der Waals surface area contributed by atoms with Gasteiger partial charge in [0.1, 0.15) is 13.4 Å². The first kappa shape index (κ1) is 16.8. The molecule has 1 saturated carbocycles. The van der Waals surface area contributed by atoms with E-state index in [-0.39, 0.29) is 5.31 Å². The molecule has 0 bridgehead atoms. The van der Waals surface area contributed by atoms with Crippen LogP contribution in [0.5, 0.6) is 0 Å². The molecule has 0 atom stereocenters. The Bertz CT molecular complexity index is 1360. The Kier molecular flexibility index (Phi) is 3.58. The normalized spacial score (nSPS) is 16.1. The number of furan rings is 1. The predicted octanol–water partition coefficient (Wildman–Crippen LogP) is 5.60. The van der Waals surface area contributed by atoms with E-state index in [1.165, 1.54) is 36.6 Å². The van der Waals surface area contributed by atoms with E-state index < -0.39 is 0 Å². The molecule has 0 saturated heterocycles. The SMILES string of the molecule is BC1(c2ccc(-c3cccc4c3oc3ncc5ccccc5c34)nc2)CCCC1. The van der Waals surface area contributed by atoms with E-state index in [1.54, 1.807) is 0 Å². The van der Waals surface area contributed by atoms with Crippen molar-refractivity contribution in [3.05, 3.63) is 72.6 Å². The molecule has 29 heavy (non-hydrogen) atoms. The number of para-hydroxylation sites is 1. The van der Waals surface area contributed by atoms with Crippen molar-refractivity contribution < 1.29 is 4.42 Å². The lowest BCUT2D eigenvalue weighted by atomic mass is 9.63. The maximum atomic E-state index is 6.24. The Balaban J connectivity index is 1.54. The molecule has 1 aliphatic carbocycles. The number of rotatable bonds is 2. The van der Waals surface area contributed by atoms with Gasteiger partial charge in [-0.1, -0.05) is 68.1 Å². The number of nitrogens with zero attached hydrogens (tertiary/aromatic N) is 2. The summed E-state index contributed by atoms with van der Waals surface area (Å²) in [4.78, 5) is 9.41. The van der Waals surface area contributed by atoms with Crippen molar-refractivity contribution in [1.29, 1.82) is 0 Å². The van der Waals surface area contributed by atoms with E-state index in [0.29, 0.717) is 5.71 Å². The fourth-order valence-electron chi connectivity index (χ4n) is 4.98. The van der Waals surface area contributed by atoms with E-state index in [0.717, 1.165) is 33.0 Å². The van der Waals surface area contributed by atoms with Crippen molar-refractivity contribution in [2.75, 3.05) is 0 Å². The van der Waals surface area contributed by atoms with Crippen molar-refractivity contribution in [3.8, 4) is 11.3 Å². The monoisotopic (exact) mass is 376 g/mol. The Labute approximate surface area is 170 Å². The molecule has 1 fully saturated rings. The van der Waals surface area contributed by atoms with Crippen LogP contribution in [0, 0.1) is 0 Å². The molecule has 0 aliphatic heterocycles. The van der Waals surface area contributed by atoms with Gasteiger partial charge in [-0.2, -0.15) is 0 Å². The summed E-state index contributed by atoms with van der Waals surface area (Å²) in [5.74, 6) is 0. The number of fused-ring (bicyclic) bond motifs is 5. The minimum atomic E-state index is 0.278. The van der Waals surface area contributed by atoms with Crippen LogP contribution in [0.1, 0.15) is 31.2 Å². The van der Waals surface area contributed by atoms with Gasteiger partial charge in [-0.05, 0) is 28.4 Å². The van der Waals surface area contributed by atoms with Gasteiger partial charge in [0, 0.05) is 28.7 Å². The highest BCUT2D eigenvalue weighted by Crippen LogP contribution is 2.40. The van der Waals surface area contributed by atoms with Crippen LogP contribution < -0.4 is 0 Å². The molecule has 3 aromatic heterocycles. The lowest BCUT2D eigenvalue weighted by Gasteiger charge is -2.23. The van der Waals surface area contributed by atoms with Crippen molar-refractivity contribution in [1.82, 2.24) is 9.97 Å². The Morgan fingerprint density at radius 1 is 0.828 bits per heavy atom. The summed E-state index contributed by atoms with van der Waals surface area (Å²) in [6.45, 7) is 0. The Morgan fingerprint density at radius 2 is 1.66 bits per heavy atom. The van der Waals surface area contributed by atoms with Crippen LogP contribution in [0.15, 0.2) is 71.4 Å². The van der Waals surface area contributed by atoms with Gasteiger partial charge in [0.05, 0.1) is 11.1 Å². The molecule has 1 aliphatic rings. The highest BCUT2D eigenvalue weighted by molar-refractivity contribution is 6.19. The van der Waals surface area contributed by atoms with Crippen LogP contribution in [0.2, 0.25) is 0 Å². The molecule has 0 spiro atoms. The molecule has 4 heteroatoms. The first-order valence-electron chi connectivity index (χ1n) is 10.4. The second-order valence-corrected chi connectivity index (χ2v) is 8.51. The third-order valence-corrected chi connectivity index (χ3v) is 6.69. The molecule has 140 valence electrons. The quantitative estimate of drug-likeness (QED) is 0.377. The summed E-state index contributed by atoms with van der Waals surface area (Å²) in [5.41, 5.74) is 4.86. The zero-order valence-electron chi connectivity index (χ0n) is 16.5. The van der Waals surface area contributed by atoms with Crippen LogP contribution in [-0.4, -0.2) is 17.8 Å². The van der Waals surface area contributed by atoms with Gasteiger partial charge in [-0.3, -0.25) is 4.98 Å². The van der Waals surface area contributed by atoms with Gasteiger partial charge in [-0.15, -0.1) is 0 Å². The molecule has 3 nitrogen and oxygen atoms in total. The van der Waals surface area contributed by atoms with Gasteiger partial charge in [0.2, 0.25) is 5.71 Å². The molecule has 6 rings (SSSR count). The fraction of sp³-hybridized carbons (Fsp3) is 0.200. The summed E-state index contributed by atoms with van der Waals surface area (Å²) < 4.78 is 6.24. The Hall–Kier alpha value is -3.14. The van der Waals surface area contributed by atoms with E-state index in [2.05, 4.69) is 67.6 Å². The highest BCUT2D eigenvalue weighted by atomic mass is 16.3. The van der Waals surface area contributed by atoms with Crippen molar-refractivity contribution >= 4 is 40.7 Å². The maximum Gasteiger partial charge on any atom is 0.227 e. The molecule has 0 N–H and O–H groups in total. The van der Waals surface area contributed by atoms with Gasteiger partial charge in [0.25, 0.3) is 0 Å². The third-order valence-electron chi connectivity index (χ3n) is 6.69. The minimum absolute atomic E-state index is 0.278. The molecule has 5 aromatic rings. The summed E-state index contributed by atoms with van der Waals surface area (Å²) >= 11 is 0. The topological polar surface area (TPSA) is 38.9 Å². The van der Waals surface area contributed by atoms with E-state index in [1.807, 2.05) is 12.3 Å². The number of aromatic nitrogens is 2. The van der Waals surface area contributed by atoms with Gasteiger partial charge < -0.3 is 4.42 Å². The molecule has 2 aromatic carbocycles. The first-order valence-corrected chi connectivity index (χ1v) is 10.4. The lowest BCUT2D eigenvalue weighted by Crippen LogP contribution is -2.22. The number of hydrogen-bond donors (Lipinski definition) is 0. The largest absolute Gasteiger partial charge is 0.437 e. The molecular weight excluding hydrogens is 355 g/mol. The van der Waals surface area contributed by atoms with E-state index in [9.17, 15) is 0 Å². The smallest absolute Gasteiger partial charge is 0.227 e. The maximum absolute atomic E-state index is 6.24.